The lowest BCUT2D eigenvalue weighted by atomic mass is 10.1. The van der Waals surface area contributed by atoms with Crippen LogP contribution in [0.25, 0.3) is 22.3 Å². The van der Waals surface area contributed by atoms with E-state index in [0.29, 0.717) is 31.3 Å². The molecule has 0 radical (unpaired) electrons. The number of aromatic nitrogens is 2. The molecular weight excluding hydrogens is 666 g/mol. The van der Waals surface area contributed by atoms with E-state index in [-0.39, 0.29) is 28.4 Å². The molecule has 0 saturated heterocycles. The molecule has 208 valence electrons. The van der Waals surface area contributed by atoms with Crippen LogP contribution < -0.4 is 10.3 Å². The first-order valence-corrected chi connectivity index (χ1v) is 13.7. The molecule has 0 aliphatic heterocycles. The molecule has 4 aromatic carbocycles. The first-order valence-electron chi connectivity index (χ1n) is 11.8. The summed E-state index contributed by atoms with van der Waals surface area (Å²) in [5.74, 6) is 0.312. The average Bonchev–Trinajstić information content (AvgIpc) is 2.93. The van der Waals surface area contributed by atoms with Crippen LogP contribution in [0.3, 0.4) is 0 Å². The standard InChI is InChI=1S/C29H16BrCl3F3N3O2/c30-21-10-17(12-24(33)26(21)41-15-16-8-9-22(31)23(32)11-16)14-37-39-27(18-4-3-5-19(13-18)29(34,35)36)38-25-7-2-1-6-20(25)28(39)40/h1-14H,15H2. The molecule has 12 heteroatoms. The van der Waals surface area contributed by atoms with Gasteiger partial charge in [0.1, 0.15) is 6.61 Å². The Balaban J connectivity index is 1.51. The summed E-state index contributed by atoms with van der Waals surface area (Å²) in [4.78, 5) is 17.9. The highest BCUT2D eigenvalue weighted by Gasteiger charge is 2.31. The number of hydrogen-bond donors (Lipinski definition) is 0. The number of ether oxygens (including phenoxy) is 1. The summed E-state index contributed by atoms with van der Waals surface area (Å²) < 4.78 is 47.6. The van der Waals surface area contributed by atoms with Crippen molar-refractivity contribution >= 4 is 67.9 Å². The van der Waals surface area contributed by atoms with Crippen molar-refractivity contribution in [1.29, 1.82) is 0 Å². The zero-order valence-electron chi connectivity index (χ0n) is 20.6. The molecule has 0 atom stereocenters. The second-order valence-electron chi connectivity index (χ2n) is 8.74. The van der Waals surface area contributed by atoms with E-state index in [1.807, 2.05) is 0 Å². The Labute approximate surface area is 254 Å². The van der Waals surface area contributed by atoms with Crippen LogP contribution >= 0.6 is 50.7 Å². The van der Waals surface area contributed by atoms with Crippen LogP contribution in [0, 0.1) is 0 Å². The monoisotopic (exact) mass is 679 g/mol. The van der Waals surface area contributed by atoms with Gasteiger partial charge in [-0.1, -0.05) is 65.1 Å². The smallest absolute Gasteiger partial charge is 0.416 e. The highest BCUT2D eigenvalue weighted by atomic mass is 79.9. The fourth-order valence-corrected chi connectivity index (χ4v) is 5.26. The number of rotatable bonds is 6. The molecule has 0 spiro atoms. The molecule has 41 heavy (non-hydrogen) atoms. The highest BCUT2D eigenvalue weighted by Crippen LogP contribution is 2.35. The maximum absolute atomic E-state index is 13.4. The largest absolute Gasteiger partial charge is 0.486 e. The highest BCUT2D eigenvalue weighted by molar-refractivity contribution is 9.10. The van der Waals surface area contributed by atoms with Gasteiger partial charge in [-0.2, -0.15) is 22.9 Å². The van der Waals surface area contributed by atoms with E-state index >= 15 is 0 Å². The van der Waals surface area contributed by atoms with E-state index in [0.717, 1.165) is 22.4 Å². The second-order valence-corrected chi connectivity index (χ2v) is 10.8. The summed E-state index contributed by atoms with van der Waals surface area (Å²) in [6, 6.07) is 19.4. The van der Waals surface area contributed by atoms with Gasteiger partial charge < -0.3 is 4.74 Å². The second kappa shape index (κ2) is 11.9. The molecule has 0 unspecified atom stereocenters. The minimum atomic E-state index is -4.58. The predicted molar refractivity (Wildman–Crippen MR) is 159 cm³/mol. The van der Waals surface area contributed by atoms with Gasteiger partial charge in [-0.05, 0) is 75.6 Å². The molecule has 1 aromatic heterocycles. The van der Waals surface area contributed by atoms with Gasteiger partial charge in [-0.15, -0.1) is 0 Å². The van der Waals surface area contributed by atoms with Crippen molar-refractivity contribution in [3.63, 3.8) is 0 Å². The van der Waals surface area contributed by atoms with E-state index < -0.39 is 17.3 Å². The van der Waals surface area contributed by atoms with Crippen molar-refractivity contribution in [2.24, 2.45) is 5.10 Å². The lowest BCUT2D eigenvalue weighted by molar-refractivity contribution is -0.137. The number of para-hydroxylation sites is 1. The van der Waals surface area contributed by atoms with Crippen molar-refractivity contribution in [2.75, 3.05) is 0 Å². The van der Waals surface area contributed by atoms with Gasteiger partial charge >= 0.3 is 6.18 Å². The lowest BCUT2D eigenvalue weighted by Gasteiger charge is -2.13. The SMILES string of the molecule is O=c1c2ccccc2nc(-c2cccc(C(F)(F)F)c2)n1N=Cc1cc(Cl)c(OCc2ccc(Cl)c(Cl)c2)c(Br)c1. The van der Waals surface area contributed by atoms with Crippen molar-refractivity contribution in [3.8, 4) is 17.1 Å². The summed E-state index contributed by atoms with van der Waals surface area (Å²) in [7, 11) is 0. The third kappa shape index (κ3) is 6.43. The van der Waals surface area contributed by atoms with Gasteiger partial charge in [0.25, 0.3) is 5.56 Å². The first kappa shape index (κ1) is 29.1. The van der Waals surface area contributed by atoms with E-state index in [4.69, 9.17) is 39.5 Å². The van der Waals surface area contributed by atoms with E-state index in [1.165, 1.54) is 18.3 Å². The van der Waals surface area contributed by atoms with Gasteiger partial charge in [0, 0.05) is 5.56 Å². The van der Waals surface area contributed by atoms with Crippen LogP contribution in [0.5, 0.6) is 5.75 Å². The maximum Gasteiger partial charge on any atom is 0.416 e. The van der Waals surface area contributed by atoms with Crippen molar-refractivity contribution in [1.82, 2.24) is 9.66 Å². The Morgan fingerprint density at radius 1 is 0.927 bits per heavy atom. The lowest BCUT2D eigenvalue weighted by Crippen LogP contribution is -2.20. The fraction of sp³-hybridized carbons (Fsp3) is 0.0690. The molecule has 0 saturated carbocycles. The van der Waals surface area contributed by atoms with Gasteiger partial charge in [-0.3, -0.25) is 4.79 Å². The molecule has 5 nitrogen and oxygen atoms in total. The Kier molecular flexibility index (Phi) is 8.42. The topological polar surface area (TPSA) is 56.5 Å². The van der Waals surface area contributed by atoms with Crippen LogP contribution in [0.15, 0.2) is 93.2 Å². The number of halogens is 7. The quantitative estimate of drug-likeness (QED) is 0.168. The zero-order chi connectivity index (χ0) is 29.3. The Bertz CT molecular complexity index is 1850. The van der Waals surface area contributed by atoms with Gasteiger partial charge in [0.2, 0.25) is 0 Å². The normalized spacial score (nSPS) is 11.9. The van der Waals surface area contributed by atoms with Crippen LogP contribution in [0.4, 0.5) is 13.2 Å². The fourth-order valence-electron chi connectivity index (χ4n) is 3.95. The minimum Gasteiger partial charge on any atom is -0.486 e. The van der Waals surface area contributed by atoms with Gasteiger partial charge in [0.15, 0.2) is 11.6 Å². The molecule has 0 amide bonds. The number of fused-ring (bicyclic) bond motifs is 1. The molecule has 5 rings (SSSR count). The first-order chi connectivity index (χ1) is 19.5. The average molecular weight is 682 g/mol. The minimum absolute atomic E-state index is 0.0530. The summed E-state index contributed by atoms with van der Waals surface area (Å²) in [5, 5.41) is 5.64. The number of alkyl halides is 3. The Morgan fingerprint density at radius 3 is 2.44 bits per heavy atom. The molecular formula is C29H16BrCl3F3N3O2. The Hall–Kier alpha value is -3.37. The third-order valence-electron chi connectivity index (χ3n) is 5.91. The van der Waals surface area contributed by atoms with Crippen LogP contribution in [0.2, 0.25) is 15.1 Å². The number of hydrogen-bond acceptors (Lipinski definition) is 4. The zero-order valence-corrected chi connectivity index (χ0v) is 24.4. The summed E-state index contributed by atoms with van der Waals surface area (Å²) in [5.41, 5.74) is 0.235. The molecule has 1 heterocycles. The van der Waals surface area contributed by atoms with Crippen LogP contribution in [-0.4, -0.2) is 15.9 Å². The van der Waals surface area contributed by atoms with E-state index in [2.05, 4.69) is 26.0 Å². The molecule has 0 aliphatic rings. The van der Waals surface area contributed by atoms with Gasteiger partial charge in [-0.25, -0.2) is 4.98 Å². The summed E-state index contributed by atoms with van der Waals surface area (Å²) >= 11 is 22.0. The van der Waals surface area contributed by atoms with E-state index in [9.17, 15) is 18.0 Å². The molecule has 0 N–H and O–H groups in total. The summed E-state index contributed by atoms with van der Waals surface area (Å²) in [6.45, 7) is 0.168. The van der Waals surface area contributed by atoms with Crippen LogP contribution in [0.1, 0.15) is 16.7 Å². The van der Waals surface area contributed by atoms with Gasteiger partial charge in [0.05, 0.1) is 42.2 Å². The predicted octanol–water partition coefficient (Wildman–Crippen LogP) is 9.27. The number of nitrogens with zero attached hydrogens (tertiary/aromatic N) is 3. The van der Waals surface area contributed by atoms with Crippen molar-refractivity contribution < 1.29 is 17.9 Å². The number of benzene rings is 4. The molecule has 5 aromatic rings. The molecule has 0 bridgehead atoms. The van der Waals surface area contributed by atoms with E-state index in [1.54, 1.807) is 54.6 Å². The molecule has 0 aliphatic carbocycles. The summed E-state index contributed by atoms with van der Waals surface area (Å²) in [6.07, 6.45) is -3.22. The molecule has 0 fully saturated rings. The Morgan fingerprint density at radius 2 is 1.71 bits per heavy atom. The maximum atomic E-state index is 13.4. The van der Waals surface area contributed by atoms with Crippen molar-refractivity contribution in [3.05, 3.63) is 125 Å². The van der Waals surface area contributed by atoms with Crippen LogP contribution in [-0.2, 0) is 12.8 Å². The third-order valence-corrected chi connectivity index (χ3v) is 7.52. The van der Waals surface area contributed by atoms with Crippen molar-refractivity contribution in [2.45, 2.75) is 12.8 Å².